The number of halogens is 4. The quantitative estimate of drug-likeness (QED) is 0.421. The standard InChI is InChI=1S/C19H15F4N5O3/c20-10-4-11(21)15(13(23)14(10)25)28-6-9(19(30)31)16(29)8-3-12(22)18(26-17(8)28)27-2-1-7(24)5-27/h3-4,6-7H,1-2,5,24-25H2,(H,30,31)/t7-/m0/s1. The summed E-state index contributed by atoms with van der Waals surface area (Å²) in [5.41, 5.74) is 6.73. The number of aromatic carboxylic acids is 1. The van der Waals surface area contributed by atoms with Crippen LogP contribution >= 0.6 is 0 Å². The first kappa shape index (κ1) is 20.6. The third-order valence-electron chi connectivity index (χ3n) is 5.09. The first-order chi connectivity index (χ1) is 14.6. The summed E-state index contributed by atoms with van der Waals surface area (Å²) in [6.07, 6.45) is 1.18. The minimum absolute atomic E-state index is 0.229. The summed E-state index contributed by atoms with van der Waals surface area (Å²) in [6, 6.07) is 0.803. The zero-order valence-corrected chi connectivity index (χ0v) is 15.7. The summed E-state index contributed by atoms with van der Waals surface area (Å²) in [5.74, 6) is -7.21. The van der Waals surface area contributed by atoms with Crippen molar-refractivity contribution in [3.8, 4) is 5.69 Å². The lowest BCUT2D eigenvalue weighted by Gasteiger charge is -2.20. The van der Waals surface area contributed by atoms with Gasteiger partial charge in [-0.25, -0.2) is 27.3 Å². The van der Waals surface area contributed by atoms with Crippen LogP contribution in [0.4, 0.5) is 29.1 Å². The molecular weight excluding hydrogens is 422 g/mol. The predicted molar refractivity (Wildman–Crippen MR) is 103 cm³/mol. The molecule has 0 spiro atoms. The molecule has 3 heterocycles. The van der Waals surface area contributed by atoms with Gasteiger partial charge in [0, 0.05) is 31.4 Å². The molecule has 0 unspecified atom stereocenters. The zero-order chi connectivity index (χ0) is 22.6. The van der Waals surface area contributed by atoms with E-state index in [1.54, 1.807) is 0 Å². The van der Waals surface area contributed by atoms with E-state index < -0.39 is 62.6 Å². The van der Waals surface area contributed by atoms with Gasteiger partial charge in [-0.05, 0) is 12.5 Å². The first-order valence-corrected chi connectivity index (χ1v) is 9.03. The first-order valence-electron chi connectivity index (χ1n) is 9.03. The van der Waals surface area contributed by atoms with Gasteiger partial charge in [-0.2, -0.15) is 0 Å². The molecule has 8 nitrogen and oxygen atoms in total. The van der Waals surface area contributed by atoms with Crippen LogP contribution in [0.5, 0.6) is 0 Å². The van der Waals surface area contributed by atoms with E-state index in [-0.39, 0.29) is 18.4 Å². The molecule has 162 valence electrons. The van der Waals surface area contributed by atoms with Crippen LogP contribution < -0.4 is 21.8 Å². The van der Waals surface area contributed by atoms with Crippen molar-refractivity contribution in [2.75, 3.05) is 23.7 Å². The number of nitrogens with zero attached hydrogens (tertiary/aromatic N) is 3. The lowest BCUT2D eigenvalue weighted by atomic mass is 10.1. The van der Waals surface area contributed by atoms with Gasteiger partial charge >= 0.3 is 5.97 Å². The van der Waals surface area contributed by atoms with Gasteiger partial charge in [-0.1, -0.05) is 0 Å². The van der Waals surface area contributed by atoms with Crippen LogP contribution in [0, 0.1) is 23.3 Å². The highest BCUT2D eigenvalue weighted by Gasteiger charge is 2.27. The molecular formula is C19H15F4N5O3. The smallest absolute Gasteiger partial charge is 0.341 e. The third kappa shape index (κ3) is 3.24. The number of anilines is 2. The second kappa shape index (κ2) is 7.23. The number of hydrogen-bond donors (Lipinski definition) is 3. The molecule has 0 aliphatic carbocycles. The Balaban J connectivity index is 2.11. The molecule has 12 heteroatoms. The van der Waals surface area contributed by atoms with Crippen LogP contribution in [0.1, 0.15) is 16.8 Å². The molecule has 31 heavy (non-hydrogen) atoms. The summed E-state index contributed by atoms with van der Waals surface area (Å²) in [4.78, 5) is 29.6. The van der Waals surface area contributed by atoms with E-state index in [4.69, 9.17) is 11.5 Å². The molecule has 1 fully saturated rings. The van der Waals surface area contributed by atoms with E-state index >= 15 is 0 Å². The van der Waals surface area contributed by atoms with Crippen molar-refractivity contribution < 1.29 is 27.5 Å². The second-order valence-electron chi connectivity index (χ2n) is 7.12. The van der Waals surface area contributed by atoms with E-state index in [0.717, 1.165) is 6.07 Å². The maximum atomic E-state index is 14.8. The van der Waals surface area contributed by atoms with Gasteiger partial charge in [0.05, 0.1) is 5.39 Å². The molecule has 1 aliphatic rings. The minimum atomic E-state index is -1.72. The van der Waals surface area contributed by atoms with E-state index in [2.05, 4.69) is 4.98 Å². The van der Waals surface area contributed by atoms with Crippen molar-refractivity contribution in [1.29, 1.82) is 0 Å². The van der Waals surface area contributed by atoms with Gasteiger partial charge in [-0.3, -0.25) is 9.36 Å². The Morgan fingerprint density at radius 2 is 1.87 bits per heavy atom. The third-order valence-corrected chi connectivity index (χ3v) is 5.09. The number of benzene rings is 1. The fourth-order valence-electron chi connectivity index (χ4n) is 3.55. The second-order valence-corrected chi connectivity index (χ2v) is 7.12. The number of hydrogen-bond acceptors (Lipinski definition) is 6. The lowest BCUT2D eigenvalue weighted by Crippen LogP contribution is -2.28. The van der Waals surface area contributed by atoms with Gasteiger partial charge in [0.15, 0.2) is 34.7 Å². The van der Waals surface area contributed by atoms with Crippen LogP contribution in [-0.4, -0.2) is 39.8 Å². The average Bonchev–Trinajstić information content (AvgIpc) is 3.13. The number of nitrogen functional groups attached to an aromatic ring is 1. The Morgan fingerprint density at radius 1 is 1.16 bits per heavy atom. The number of aromatic nitrogens is 2. The van der Waals surface area contributed by atoms with E-state index in [1.807, 2.05) is 0 Å². The Kier molecular flexibility index (Phi) is 4.81. The van der Waals surface area contributed by atoms with Crippen LogP contribution in [0.25, 0.3) is 16.7 Å². The van der Waals surface area contributed by atoms with Crippen molar-refractivity contribution in [3.05, 3.63) is 57.4 Å². The molecule has 0 saturated carbocycles. The molecule has 5 N–H and O–H groups in total. The van der Waals surface area contributed by atoms with Crippen molar-refractivity contribution in [2.24, 2.45) is 5.73 Å². The SMILES string of the molecule is Nc1c(F)cc(F)c(-n2cc(C(=O)O)c(=O)c3cc(F)c(N4CC[C@H](N)C4)nc32)c1F. The number of rotatable bonds is 3. The van der Waals surface area contributed by atoms with Gasteiger partial charge in [0.25, 0.3) is 0 Å². The predicted octanol–water partition coefficient (Wildman–Crippen LogP) is 1.76. The van der Waals surface area contributed by atoms with Crippen LogP contribution in [0.2, 0.25) is 0 Å². The molecule has 3 aromatic rings. The summed E-state index contributed by atoms with van der Waals surface area (Å²) in [7, 11) is 0. The molecule has 1 atom stereocenters. The average molecular weight is 437 g/mol. The summed E-state index contributed by atoms with van der Waals surface area (Å²) in [5, 5.41) is 8.80. The van der Waals surface area contributed by atoms with E-state index in [0.29, 0.717) is 29.8 Å². The van der Waals surface area contributed by atoms with Crippen LogP contribution in [0.15, 0.2) is 23.1 Å². The van der Waals surface area contributed by atoms with Gasteiger partial charge in [-0.15, -0.1) is 0 Å². The molecule has 0 bridgehead atoms. The minimum Gasteiger partial charge on any atom is -0.477 e. The molecule has 0 amide bonds. The van der Waals surface area contributed by atoms with Crippen LogP contribution in [0.3, 0.4) is 0 Å². The van der Waals surface area contributed by atoms with E-state index in [9.17, 15) is 32.3 Å². The highest BCUT2D eigenvalue weighted by molar-refractivity contribution is 5.92. The number of nitrogens with two attached hydrogens (primary N) is 2. The van der Waals surface area contributed by atoms with Gasteiger partial charge in [0.2, 0.25) is 5.43 Å². The number of fused-ring (bicyclic) bond motifs is 1. The molecule has 1 aromatic carbocycles. The monoisotopic (exact) mass is 437 g/mol. The summed E-state index contributed by atoms with van der Waals surface area (Å²) < 4.78 is 58.3. The Labute approximate surface area is 171 Å². The summed E-state index contributed by atoms with van der Waals surface area (Å²) >= 11 is 0. The molecule has 2 aromatic heterocycles. The zero-order valence-electron chi connectivity index (χ0n) is 15.7. The molecule has 0 radical (unpaired) electrons. The largest absolute Gasteiger partial charge is 0.477 e. The number of carboxylic acids is 1. The Hall–Kier alpha value is -3.67. The normalized spacial score (nSPS) is 16.3. The highest BCUT2D eigenvalue weighted by atomic mass is 19.1. The Bertz CT molecular complexity index is 1310. The Morgan fingerprint density at radius 3 is 2.48 bits per heavy atom. The van der Waals surface area contributed by atoms with Crippen molar-refractivity contribution in [2.45, 2.75) is 12.5 Å². The molecule has 1 saturated heterocycles. The molecule has 1 aliphatic heterocycles. The highest BCUT2D eigenvalue weighted by Crippen LogP contribution is 2.30. The van der Waals surface area contributed by atoms with Crippen molar-refractivity contribution >= 4 is 28.5 Å². The van der Waals surface area contributed by atoms with Crippen LogP contribution in [-0.2, 0) is 0 Å². The topological polar surface area (TPSA) is 127 Å². The maximum Gasteiger partial charge on any atom is 0.341 e. The van der Waals surface area contributed by atoms with Crippen molar-refractivity contribution in [1.82, 2.24) is 9.55 Å². The maximum absolute atomic E-state index is 14.8. The fourth-order valence-corrected chi connectivity index (χ4v) is 3.55. The number of pyridine rings is 2. The van der Waals surface area contributed by atoms with Crippen molar-refractivity contribution in [3.63, 3.8) is 0 Å². The van der Waals surface area contributed by atoms with E-state index in [1.165, 1.54) is 4.90 Å². The molecule has 4 rings (SSSR count). The number of carbonyl (C=O) groups is 1. The summed E-state index contributed by atoms with van der Waals surface area (Å²) in [6.45, 7) is 0.597. The van der Waals surface area contributed by atoms with Gasteiger partial charge in [0.1, 0.15) is 16.9 Å². The fraction of sp³-hybridized carbons (Fsp3) is 0.211. The number of carboxylic acid groups (broad SMARTS) is 1. The van der Waals surface area contributed by atoms with Gasteiger partial charge < -0.3 is 21.5 Å². The lowest BCUT2D eigenvalue weighted by molar-refractivity contribution is 0.0695.